The number of fused-ring (bicyclic) bond motifs is 2. The fourth-order valence-corrected chi connectivity index (χ4v) is 13.3. The molecule has 16 nitrogen and oxygen atoms in total. The van der Waals surface area contributed by atoms with Crippen molar-refractivity contribution in [3.05, 3.63) is 108 Å². The molecule has 6 amide bonds. The summed E-state index contributed by atoms with van der Waals surface area (Å²) in [6.45, 7) is 4.08. The molecule has 6 N–H and O–H groups in total. The Hall–Kier alpha value is -6.26. The van der Waals surface area contributed by atoms with Crippen LogP contribution in [0.15, 0.2) is 91.0 Å². The van der Waals surface area contributed by atoms with E-state index in [0.717, 1.165) is 76.2 Å². The number of hydrogen-bond acceptors (Lipinski definition) is 10. The third kappa shape index (κ3) is 17.4. The van der Waals surface area contributed by atoms with Crippen molar-refractivity contribution < 1.29 is 38.4 Å². The second-order valence-corrected chi connectivity index (χ2v) is 23.6. The van der Waals surface area contributed by atoms with Gasteiger partial charge in [-0.15, -0.1) is 0 Å². The van der Waals surface area contributed by atoms with Gasteiger partial charge in [0.05, 0.1) is 18.1 Å². The van der Waals surface area contributed by atoms with Gasteiger partial charge in [-0.3, -0.25) is 38.4 Å². The number of nitrogens with zero attached hydrogens (tertiary/aromatic N) is 2. The van der Waals surface area contributed by atoms with Gasteiger partial charge in [0.1, 0.15) is 24.2 Å². The Labute approximate surface area is 487 Å². The minimum Gasteiger partial charge on any atom is -0.356 e. The average Bonchev–Trinajstić information content (AvgIpc) is 4.31. The summed E-state index contributed by atoms with van der Waals surface area (Å²) in [5.41, 5.74) is 3.04. The van der Waals surface area contributed by atoms with Crippen molar-refractivity contribution in [2.24, 2.45) is 11.8 Å². The first-order valence-electron chi connectivity index (χ1n) is 31.2. The van der Waals surface area contributed by atoms with Gasteiger partial charge < -0.3 is 41.7 Å². The molecule has 4 aliphatic heterocycles. The lowest BCUT2D eigenvalue weighted by molar-refractivity contribution is -0.144. The van der Waals surface area contributed by atoms with Gasteiger partial charge in [-0.2, -0.15) is 0 Å². The van der Waals surface area contributed by atoms with Crippen molar-refractivity contribution in [1.29, 1.82) is 0 Å². The van der Waals surface area contributed by atoms with Crippen molar-refractivity contribution in [3.8, 4) is 0 Å². The summed E-state index contributed by atoms with van der Waals surface area (Å²) in [6.07, 6.45) is 16.3. The molecule has 0 aromatic heterocycles. The van der Waals surface area contributed by atoms with Crippen molar-refractivity contribution in [3.63, 3.8) is 0 Å². The zero-order valence-corrected chi connectivity index (χ0v) is 49.3. The first-order chi connectivity index (χ1) is 39.8. The van der Waals surface area contributed by atoms with Crippen LogP contribution in [0.2, 0.25) is 0 Å². The fraction of sp³-hybridized carbons (Fsp3) is 0.606. The van der Waals surface area contributed by atoms with E-state index in [4.69, 9.17) is 0 Å². The second-order valence-electron chi connectivity index (χ2n) is 23.6. The van der Waals surface area contributed by atoms with Crippen LogP contribution in [0.5, 0.6) is 0 Å². The quantitative estimate of drug-likeness (QED) is 0.0334. The number of rotatable bonds is 32. The number of aryl methyl sites for hydroxylation is 2. The smallest absolute Gasteiger partial charge is 0.246 e. The predicted octanol–water partition coefficient (Wildman–Crippen LogP) is 7.77. The summed E-state index contributed by atoms with van der Waals surface area (Å²) in [5, 5.41) is 18.5. The maximum absolute atomic E-state index is 14.8. The van der Waals surface area contributed by atoms with Crippen LogP contribution in [0.25, 0.3) is 0 Å². The van der Waals surface area contributed by atoms with Crippen LogP contribution >= 0.6 is 0 Å². The Balaban J connectivity index is 0.870. The fourth-order valence-electron chi connectivity index (χ4n) is 13.3. The average molecular weight is 1130 g/mol. The van der Waals surface area contributed by atoms with Crippen LogP contribution in [0, 0.1) is 11.8 Å². The molecule has 4 aliphatic rings. The Bertz CT molecular complexity index is 2540. The van der Waals surface area contributed by atoms with Gasteiger partial charge in [0, 0.05) is 43.8 Å². The van der Waals surface area contributed by atoms with Crippen molar-refractivity contribution in [2.45, 2.75) is 222 Å². The molecule has 11 atom stereocenters. The number of carbonyl (C=O) groups is 8. The topological polar surface area (TPSA) is 215 Å². The van der Waals surface area contributed by atoms with E-state index in [1.807, 2.05) is 92.7 Å². The van der Waals surface area contributed by atoms with Gasteiger partial charge in [0.25, 0.3) is 0 Å². The molecule has 3 aromatic carbocycles. The molecule has 0 aliphatic carbocycles. The van der Waals surface area contributed by atoms with E-state index in [1.54, 1.807) is 23.9 Å². The number of amides is 6. The summed E-state index contributed by atoms with van der Waals surface area (Å²) < 4.78 is 0. The number of Topliss-reactive ketones (excluding diaryl/α,β-unsaturated/α-hetero) is 2. The number of likely N-dealkylation sites (N-methyl/N-ethyl adjacent to an activating group) is 2. The second kappa shape index (κ2) is 32.5. The molecule has 7 rings (SSSR count). The molecule has 1 unspecified atom stereocenters. The maximum atomic E-state index is 14.8. The van der Waals surface area contributed by atoms with Crippen LogP contribution in [-0.4, -0.2) is 126 Å². The van der Waals surface area contributed by atoms with E-state index in [1.165, 1.54) is 5.56 Å². The van der Waals surface area contributed by atoms with Crippen LogP contribution in [0.3, 0.4) is 0 Å². The molecule has 3 aromatic rings. The number of hydrogen-bond donors (Lipinski definition) is 6. The lowest BCUT2D eigenvalue weighted by Gasteiger charge is -2.33. The molecule has 0 bridgehead atoms. The highest BCUT2D eigenvalue weighted by atomic mass is 16.2. The minimum absolute atomic E-state index is 0.0409. The van der Waals surface area contributed by atoms with Gasteiger partial charge in [-0.25, -0.2) is 0 Å². The summed E-state index contributed by atoms with van der Waals surface area (Å²) in [5.74, 6) is -1.86. The number of nitrogens with one attached hydrogen (secondary N) is 6. The van der Waals surface area contributed by atoms with Crippen LogP contribution in [-0.2, 0) is 51.2 Å². The lowest BCUT2D eigenvalue weighted by Crippen LogP contribution is -2.58. The number of benzene rings is 3. The third-order valence-corrected chi connectivity index (χ3v) is 18.2. The van der Waals surface area contributed by atoms with E-state index in [9.17, 15) is 38.4 Å². The van der Waals surface area contributed by atoms with Crippen LogP contribution in [0.4, 0.5) is 0 Å². The molecular weight excluding hydrogens is 1030 g/mol. The van der Waals surface area contributed by atoms with E-state index in [2.05, 4.69) is 44.0 Å². The van der Waals surface area contributed by atoms with Crippen LogP contribution < -0.4 is 31.9 Å². The SMILES string of the molecule is CC[C@H](NC)C(=O)N[C@@H]1C(=O)N2C(CC[C@@H]1CCCCc1ccccc1)CC[C@H]2C(=O)N[C@H](C(=O)CCCCCCCCC(=O)NC[C@H]1CC[C@H]2CC[C@@H](C(=O)CCc3ccccc3)N2C(=O)[C@H]1NC(=O)[C@H](CC)NC)c1ccccc1. The molecule has 446 valence electrons. The molecule has 0 saturated carbocycles. The Kier molecular flexibility index (Phi) is 25.1. The van der Waals surface area contributed by atoms with Gasteiger partial charge in [0.15, 0.2) is 11.6 Å². The molecule has 4 fully saturated rings. The molecule has 4 heterocycles. The monoisotopic (exact) mass is 1130 g/mol. The molecular formula is C66H94N8O8. The molecule has 0 radical (unpaired) electrons. The summed E-state index contributed by atoms with van der Waals surface area (Å²) in [6, 6.07) is 24.6. The highest BCUT2D eigenvalue weighted by molar-refractivity contribution is 5.97. The van der Waals surface area contributed by atoms with Gasteiger partial charge >= 0.3 is 0 Å². The standard InChI is InChI=1S/C66H94N8O8/c1-5-52(67-3)62(78)71-60-48(31-23-22-28-45-24-14-11-15-25-45)35-37-51-40-42-55(74(51)65(60)81)64(80)70-59(47-29-18-13-19-30-47)57(76)32-20-9-7-8-10-21-33-58(77)69-44-49-36-38-50-39-41-54(56(75)43-34-46-26-16-12-17-27-46)73(50)66(82)61(49)72-63(79)53(6-2)68-4/h11-19,24-27,29-30,48-55,59-61,67-68H,5-10,20-23,28,31-44H2,1-4H3,(H,69,77)(H,70,80)(H,71,78)(H,72,79)/t48-,49+,50-,51?,52-,53-,54-,55-,59-,60-,61-/m0/s1. The Morgan fingerprint density at radius 3 is 1.59 bits per heavy atom. The first kappa shape index (κ1) is 63.3. The van der Waals surface area contributed by atoms with Crippen molar-refractivity contribution in [2.75, 3.05) is 20.6 Å². The largest absolute Gasteiger partial charge is 0.356 e. The van der Waals surface area contributed by atoms with Crippen molar-refractivity contribution in [1.82, 2.24) is 41.7 Å². The summed E-state index contributed by atoms with van der Waals surface area (Å²) in [4.78, 5) is 115. The molecule has 4 saturated heterocycles. The summed E-state index contributed by atoms with van der Waals surface area (Å²) in [7, 11) is 3.46. The van der Waals surface area contributed by atoms with Crippen molar-refractivity contribution >= 4 is 47.0 Å². The zero-order valence-electron chi connectivity index (χ0n) is 49.3. The van der Waals surface area contributed by atoms with Crippen LogP contribution in [0.1, 0.15) is 178 Å². The molecule has 82 heavy (non-hydrogen) atoms. The van der Waals surface area contributed by atoms with E-state index in [-0.39, 0.29) is 83.9 Å². The molecule has 0 spiro atoms. The van der Waals surface area contributed by atoms with Gasteiger partial charge in [0.2, 0.25) is 35.4 Å². The maximum Gasteiger partial charge on any atom is 0.246 e. The number of ketones is 2. The number of unbranched alkanes of at least 4 members (excludes halogenated alkanes) is 6. The highest BCUT2D eigenvalue weighted by Gasteiger charge is 2.49. The summed E-state index contributed by atoms with van der Waals surface area (Å²) >= 11 is 0. The Morgan fingerprint density at radius 2 is 1.01 bits per heavy atom. The van der Waals surface area contributed by atoms with E-state index >= 15 is 0 Å². The van der Waals surface area contributed by atoms with Gasteiger partial charge in [-0.05, 0) is 139 Å². The lowest BCUT2D eigenvalue weighted by atomic mass is 9.88. The predicted molar refractivity (Wildman–Crippen MR) is 319 cm³/mol. The Morgan fingerprint density at radius 1 is 0.524 bits per heavy atom. The minimum atomic E-state index is -0.875. The highest BCUT2D eigenvalue weighted by Crippen LogP contribution is 2.38. The normalized spacial score (nSPS) is 23.6. The van der Waals surface area contributed by atoms with E-state index in [0.29, 0.717) is 82.6 Å². The zero-order chi connectivity index (χ0) is 58.4. The third-order valence-electron chi connectivity index (χ3n) is 18.2. The van der Waals surface area contributed by atoms with Gasteiger partial charge in [-0.1, -0.05) is 137 Å². The molecule has 16 heteroatoms. The number of carbonyl (C=O) groups excluding carboxylic acids is 8. The first-order valence-corrected chi connectivity index (χ1v) is 31.2. The van der Waals surface area contributed by atoms with E-state index < -0.39 is 42.3 Å².